The van der Waals surface area contributed by atoms with Gasteiger partial charge in [-0.3, -0.25) is 4.79 Å². The van der Waals surface area contributed by atoms with Crippen molar-refractivity contribution >= 4 is 40.9 Å². The van der Waals surface area contributed by atoms with Crippen molar-refractivity contribution in [3.05, 3.63) is 33.8 Å². The van der Waals surface area contributed by atoms with Crippen molar-refractivity contribution in [3.8, 4) is 0 Å². The summed E-state index contributed by atoms with van der Waals surface area (Å²) in [6, 6.07) is 5.30. The minimum absolute atomic E-state index is 0.305. The van der Waals surface area contributed by atoms with Gasteiger partial charge in [-0.25, -0.2) is 0 Å². The van der Waals surface area contributed by atoms with Gasteiger partial charge in [0.15, 0.2) is 0 Å². The van der Waals surface area contributed by atoms with Gasteiger partial charge < -0.3 is 5.73 Å². The number of hydrogen-bond donors (Lipinski definition) is 1. The van der Waals surface area contributed by atoms with Crippen molar-refractivity contribution in [2.45, 2.75) is 5.75 Å². The Hall–Kier alpha value is -0.380. The lowest BCUT2D eigenvalue weighted by molar-refractivity contribution is -0.115. The second kappa shape index (κ2) is 5.49. The molecular weight excluding hydrogens is 241 g/mol. The van der Waals surface area contributed by atoms with E-state index < -0.39 is 0 Å². The maximum atomic E-state index is 10.5. The molecule has 0 aliphatic rings. The molecule has 0 radical (unpaired) electrons. The highest BCUT2D eigenvalue weighted by molar-refractivity contribution is 7.99. The van der Waals surface area contributed by atoms with Gasteiger partial charge in [0, 0.05) is 15.8 Å². The Morgan fingerprint density at radius 2 is 2.14 bits per heavy atom. The van der Waals surface area contributed by atoms with Gasteiger partial charge >= 0.3 is 0 Å². The van der Waals surface area contributed by atoms with Gasteiger partial charge in [0.05, 0.1) is 5.75 Å². The maximum Gasteiger partial charge on any atom is 0.227 e. The third-order valence-corrected chi connectivity index (χ3v) is 3.11. The molecule has 0 bridgehead atoms. The van der Waals surface area contributed by atoms with E-state index in [1.165, 1.54) is 11.8 Å². The Balaban J connectivity index is 2.55. The number of halogens is 2. The summed E-state index contributed by atoms with van der Waals surface area (Å²) in [5.74, 6) is 0.651. The quantitative estimate of drug-likeness (QED) is 0.892. The van der Waals surface area contributed by atoms with E-state index in [1.807, 2.05) is 6.07 Å². The predicted molar refractivity (Wildman–Crippen MR) is 61.8 cm³/mol. The molecule has 1 amide bonds. The first-order valence-corrected chi connectivity index (χ1v) is 5.80. The highest BCUT2D eigenvalue weighted by atomic mass is 35.5. The molecule has 0 aromatic heterocycles. The van der Waals surface area contributed by atoms with Gasteiger partial charge in [-0.15, -0.1) is 11.8 Å². The number of hydrogen-bond acceptors (Lipinski definition) is 2. The van der Waals surface area contributed by atoms with E-state index in [-0.39, 0.29) is 5.91 Å². The van der Waals surface area contributed by atoms with E-state index in [0.717, 1.165) is 5.56 Å². The van der Waals surface area contributed by atoms with Crippen molar-refractivity contribution in [2.75, 3.05) is 5.75 Å². The van der Waals surface area contributed by atoms with Gasteiger partial charge in [0.1, 0.15) is 0 Å². The number of thioether (sulfide) groups is 1. The van der Waals surface area contributed by atoms with Crippen LogP contribution in [0.4, 0.5) is 0 Å². The number of benzene rings is 1. The van der Waals surface area contributed by atoms with Crippen LogP contribution in [0.5, 0.6) is 0 Å². The zero-order chi connectivity index (χ0) is 10.6. The molecule has 5 heteroatoms. The topological polar surface area (TPSA) is 43.1 Å². The van der Waals surface area contributed by atoms with Gasteiger partial charge in [0.25, 0.3) is 0 Å². The highest BCUT2D eigenvalue weighted by Crippen LogP contribution is 2.24. The summed E-state index contributed by atoms with van der Waals surface area (Å²) in [5, 5.41) is 1.23. The Bertz CT molecular complexity index is 344. The highest BCUT2D eigenvalue weighted by Gasteiger charge is 2.02. The molecule has 14 heavy (non-hydrogen) atoms. The maximum absolute atomic E-state index is 10.5. The van der Waals surface area contributed by atoms with Crippen LogP contribution in [0.3, 0.4) is 0 Å². The molecule has 0 saturated carbocycles. The van der Waals surface area contributed by atoms with Gasteiger partial charge in [0.2, 0.25) is 5.91 Å². The molecule has 0 heterocycles. The Kier molecular flexibility index (Phi) is 4.58. The van der Waals surface area contributed by atoms with E-state index in [4.69, 9.17) is 28.9 Å². The number of carbonyl (C=O) groups excluding carboxylic acids is 1. The summed E-state index contributed by atoms with van der Waals surface area (Å²) >= 11 is 13.1. The molecule has 1 aromatic carbocycles. The number of amides is 1. The summed E-state index contributed by atoms with van der Waals surface area (Å²) in [6.07, 6.45) is 0. The largest absolute Gasteiger partial charge is 0.369 e. The zero-order valence-electron chi connectivity index (χ0n) is 7.30. The van der Waals surface area contributed by atoms with Crippen LogP contribution in [-0.4, -0.2) is 11.7 Å². The smallest absolute Gasteiger partial charge is 0.227 e. The van der Waals surface area contributed by atoms with Crippen molar-refractivity contribution in [2.24, 2.45) is 5.73 Å². The minimum atomic E-state index is -0.319. The molecule has 0 spiro atoms. The van der Waals surface area contributed by atoms with Gasteiger partial charge in [-0.05, 0) is 17.7 Å². The van der Waals surface area contributed by atoms with Gasteiger partial charge in [-0.1, -0.05) is 29.3 Å². The molecule has 1 aromatic rings. The average Bonchev–Trinajstić information content (AvgIpc) is 2.08. The lowest BCUT2D eigenvalue weighted by Crippen LogP contribution is -2.13. The summed E-state index contributed by atoms with van der Waals surface area (Å²) in [4.78, 5) is 10.5. The molecule has 0 aliphatic carbocycles. The first kappa shape index (κ1) is 11.7. The first-order chi connectivity index (χ1) is 6.59. The van der Waals surface area contributed by atoms with Crippen LogP contribution in [0.2, 0.25) is 10.0 Å². The van der Waals surface area contributed by atoms with Crippen molar-refractivity contribution in [1.29, 1.82) is 0 Å². The van der Waals surface area contributed by atoms with E-state index in [0.29, 0.717) is 21.6 Å². The molecule has 0 atom stereocenters. The normalized spacial score (nSPS) is 10.1. The number of carbonyl (C=O) groups is 1. The number of primary amides is 1. The van der Waals surface area contributed by atoms with Crippen LogP contribution < -0.4 is 5.73 Å². The Morgan fingerprint density at radius 3 is 2.71 bits per heavy atom. The molecule has 0 unspecified atom stereocenters. The van der Waals surface area contributed by atoms with Crippen LogP contribution in [-0.2, 0) is 10.5 Å². The molecular formula is C9H9Cl2NOS. The van der Waals surface area contributed by atoms with Crippen molar-refractivity contribution in [3.63, 3.8) is 0 Å². The second-order valence-corrected chi connectivity index (χ2v) is 4.52. The summed E-state index contributed by atoms with van der Waals surface area (Å²) in [6.45, 7) is 0. The molecule has 1 rings (SSSR count). The van der Waals surface area contributed by atoms with E-state index >= 15 is 0 Å². The van der Waals surface area contributed by atoms with Crippen molar-refractivity contribution < 1.29 is 4.79 Å². The summed E-state index contributed by atoms with van der Waals surface area (Å²) < 4.78 is 0. The molecule has 2 nitrogen and oxygen atoms in total. The Morgan fingerprint density at radius 1 is 1.43 bits per heavy atom. The third-order valence-electron chi connectivity index (χ3n) is 1.52. The predicted octanol–water partition coefficient (Wildman–Crippen LogP) is 2.71. The summed E-state index contributed by atoms with van der Waals surface area (Å²) in [5.41, 5.74) is 5.97. The molecule has 0 aliphatic heterocycles. The third kappa shape index (κ3) is 3.78. The average molecular weight is 250 g/mol. The molecule has 0 fully saturated rings. The standard InChI is InChI=1S/C9H9Cl2NOS/c10-7-2-1-6(8(11)3-7)4-14-5-9(12)13/h1-3H,4-5H2,(H2,12,13). The second-order valence-electron chi connectivity index (χ2n) is 2.69. The minimum Gasteiger partial charge on any atom is -0.369 e. The lowest BCUT2D eigenvalue weighted by atomic mass is 10.2. The molecule has 76 valence electrons. The molecule has 2 N–H and O–H groups in total. The van der Waals surface area contributed by atoms with Crippen LogP contribution in [0, 0.1) is 0 Å². The van der Waals surface area contributed by atoms with Crippen LogP contribution in [0.15, 0.2) is 18.2 Å². The molecule has 0 saturated heterocycles. The number of nitrogens with two attached hydrogens (primary N) is 1. The van der Waals surface area contributed by atoms with E-state index in [2.05, 4.69) is 0 Å². The SMILES string of the molecule is NC(=O)CSCc1ccc(Cl)cc1Cl. The van der Waals surface area contributed by atoms with Crippen molar-refractivity contribution in [1.82, 2.24) is 0 Å². The van der Waals surface area contributed by atoms with E-state index in [1.54, 1.807) is 12.1 Å². The fourth-order valence-electron chi connectivity index (χ4n) is 0.900. The monoisotopic (exact) mass is 249 g/mol. The summed E-state index contributed by atoms with van der Waals surface area (Å²) in [7, 11) is 0. The number of rotatable bonds is 4. The fourth-order valence-corrected chi connectivity index (χ4v) is 2.23. The van der Waals surface area contributed by atoms with Gasteiger partial charge in [-0.2, -0.15) is 0 Å². The van der Waals surface area contributed by atoms with Crippen LogP contribution in [0.1, 0.15) is 5.56 Å². The fraction of sp³-hybridized carbons (Fsp3) is 0.222. The van der Waals surface area contributed by atoms with Crippen LogP contribution in [0.25, 0.3) is 0 Å². The Labute approximate surface area is 96.8 Å². The first-order valence-electron chi connectivity index (χ1n) is 3.89. The lowest BCUT2D eigenvalue weighted by Gasteiger charge is -2.03. The zero-order valence-corrected chi connectivity index (χ0v) is 9.62. The van der Waals surface area contributed by atoms with Crippen LogP contribution >= 0.6 is 35.0 Å². The van der Waals surface area contributed by atoms with E-state index in [9.17, 15) is 4.79 Å².